The fourth-order valence-electron chi connectivity index (χ4n) is 8.87. The molecule has 0 amide bonds. The fraction of sp³-hybridized carbons (Fsp3) is 0.595. The van der Waals surface area contributed by atoms with Gasteiger partial charge in [0.1, 0.15) is 35.8 Å². The molecule has 5 fully saturated rings. The maximum atomic E-state index is 14.2. The number of benzene rings is 1. The molecular formula is C37H40O14. The molecular weight excluding hydrogens is 668 g/mol. The monoisotopic (exact) mass is 708 g/mol. The van der Waals surface area contributed by atoms with Gasteiger partial charge in [-0.15, -0.1) is 0 Å². The average Bonchev–Trinajstić information content (AvgIpc) is 3.05. The largest absolute Gasteiger partial charge is 0.507 e. The van der Waals surface area contributed by atoms with Crippen molar-refractivity contribution >= 4 is 28.9 Å². The quantitative estimate of drug-likeness (QED) is 0.412. The van der Waals surface area contributed by atoms with Gasteiger partial charge in [0.05, 0.1) is 35.0 Å². The molecule has 8 rings (SSSR count). The third kappa shape index (κ3) is 5.17. The number of ether oxygens (including phenoxy) is 6. The van der Waals surface area contributed by atoms with E-state index in [1.165, 1.54) is 18.2 Å². The lowest BCUT2D eigenvalue weighted by atomic mass is 9.57. The lowest BCUT2D eigenvalue weighted by Crippen LogP contribution is -2.69. The van der Waals surface area contributed by atoms with Gasteiger partial charge in [0, 0.05) is 55.2 Å². The molecule has 12 atom stereocenters. The van der Waals surface area contributed by atoms with E-state index in [0.717, 1.165) is 6.08 Å². The van der Waals surface area contributed by atoms with Crippen LogP contribution in [0.25, 0.3) is 0 Å². The highest BCUT2D eigenvalue weighted by Crippen LogP contribution is 2.53. The smallest absolute Gasteiger partial charge is 0.198 e. The van der Waals surface area contributed by atoms with Crippen molar-refractivity contribution in [1.82, 2.24) is 0 Å². The molecule has 0 aromatic heterocycles. The van der Waals surface area contributed by atoms with Crippen molar-refractivity contribution in [2.75, 3.05) is 0 Å². The van der Waals surface area contributed by atoms with Crippen LogP contribution in [-0.4, -0.2) is 110 Å². The van der Waals surface area contributed by atoms with Gasteiger partial charge in [-0.05, 0) is 39.8 Å². The van der Waals surface area contributed by atoms with Gasteiger partial charge in [0.2, 0.25) is 0 Å². The Hall–Kier alpha value is -3.47. The highest BCUT2D eigenvalue weighted by Gasteiger charge is 2.67. The van der Waals surface area contributed by atoms with Crippen LogP contribution in [0.3, 0.4) is 0 Å². The highest BCUT2D eigenvalue weighted by atomic mass is 16.7. The molecule has 51 heavy (non-hydrogen) atoms. The molecule has 1 aromatic carbocycles. The Kier molecular flexibility index (Phi) is 7.99. The van der Waals surface area contributed by atoms with E-state index in [4.69, 9.17) is 28.4 Å². The van der Waals surface area contributed by atoms with Crippen molar-refractivity contribution in [2.24, 2.45) is 0 Å². The number of hydrogen-bond donors (Lipinski definition) is 3. The van der Waals surface area contributed by atoms with Gasteiger partial charge in [-0.2, -0.15) is 0 Å². The second kappa shape index (κ2) is 11.8. The standard InChI is InChI=1S/C37H40O14/c1-15-21(38)7-8-27(47-15)51-35(4)13-26(40)37(45)29-20(9-10-36(37,44)14-35)31(42)28-19(32(29)43)6-5-18(30(28)41)23-12-24-33(17(3)46-23)50-34-25(49-24)11-22(39)16(2)48-34/h5-6,9-10,15-17,23-25,27,33-34,41,44-45H,7-8,11-14H2,1-4H3/t15?,16?,17-,23-,24-,25?,27?,33-,34?,35-,36-,37-/m0/s1. The van der Waals surface area contributed by atoms with Gasteiger partial charge in [0.25, 0.3) is 0 Å². The van der Waals surface area contributed by atoms with Crippen molar-refractivity contribution in [3.8, 4) is 5.75 Å². The van der Waals surface area contributed by atoms with Gasteiger partial charge >= 0.3 is 0 Å². The van der Waals surface area contributed by atoms with Crippen LogP contribution >= 0.6 is 0 Å². The van der Waals surface area contributed by atoms with Crippen LogP contribution in [-0.2, 0) is 42.8 Å². The molecule has 0 spiro atoms. The normalized spacial score (nSPS) is 43.6. The van der Waals surface area contributed by atoms with Crippen molar-refractivity contribution in [2.45, 2.75) is 138 Å². The summed E-state index contributed by atoms with van der Waals surface area (Å²) in [5.41, 5.74) is -7.70. The second-order valence-corrected chi connectivity index (χ2v) is 15.1. The summed E-state index contributed by atoms with van der Waals surface area (Å²) in [7, 11) is 0. The van der Waals surface area contributed by atoms with Gasteiger partial charge in [0.15, 0.2) is 47.1 Å². The first-order valence-corrected chi connectivity index (χ1v) is 17.4. The van der Waals surface area contributed by atoms with Gasteiger partial charge in [-0.1, -0.05) is 12.1 Å². The second-order valence-electron chi connectivity index (χ2n) is 15.1. The zero-order valence-electron chi connectivity index (χ0n) is 28.6. The minimum absolute atomic E-state index is 0.0787. The van der Waals surface area contributed by atoms with Crippen molar-refractivity contribution in [3.63, 3.8) is 0 Å². The number of fused-ring (bicyclic) bond motifs is 5. The molecule has 1 aromatic rings. The molecule has 1 saturated carbocycles. The zero-order valence-corrected chi connectivity index (χ0v) is 28.6. The number of rotatable bonds is 3. The summed E-state index contributed by atoms with van der Waals surface area (Å²) in [4.78, 5) is 66.4. The number of carbonyl (C=O) groups excluding carboxylic acids is 5. The fourth-order valence-corrected chi connectivity index (χ4v) is 8.87. The van der Waals surface area contributed by atoms with E-state index >= 15 is 0 Å². The number of phenols is 1. The summed E-state index contributed by atoms with van der Waals surface area (Å²) < 4.78 is 36.1. The van der Waals surface area contributed by atoms with Crippen LogP contribution in [0.2, 0.25) is 0 Å². The molecule has 14 heteroatoms. The Labute approximate surface area is 292 Å². The number of phenolic OH excluding ortho intramolecular Hbond substituents is 1. The molecule has 4 heterocycles. The molecule has 272 valence electrons. The van der Waals surface area contributed by atoms with Crippen LogP contribution in [0.5, 0.6) is 5.75 Å². The van der Waals surface area contributed by atoms with Gasteiger partial charge < -0.3 is 43.7 Å². The number of ketones is 5. The predicted molar refractivity (Wildman–Crippen MR) is 171 cm³/mol. The number of aromatic hydroxyl groups is 1. The number of hydrogen-bond acceptors (Lipinski definition) is 14. The van der Waals surface area contributed by atoms with E-state index in [1.807, 2.05) is 0 Å². The van der Waals surface area contributed by atoms with E-state index in [9.17, 15) is 39.3 Å². The molecule has 4 saturated heterocycles. The first-order valence-electron chi connectivity index (χ1n) is 17.4. The number of Topliss-reactive ketones (excluding diaryl/α,β-unsaturated/α-hetero) is 5. The van der Waals surface area contributed by atoms with E-state index in [-0.39, 0.29) is 65.9 Å². The Morgan fingerprint density at radius 2 is 1.63 bits per heavy atom. The Morgan fingerprint density at radius 3 is 2.37 bits per heavy atom. The lowest BCUT2D eigenvalue weighted by Gasteiger charge is -2.53. The Balaban J connectivity index is 1.06. The minimum Gasteiger partial charge on any atom is -0.507 e. The third-order valence-electron chi connectivity index (χ3n) is 11.5. The SMILES string of the molecule is CC1OC(O[C@@]2(C)CC(=O)[C@]3(O)C4=C(C=C[C@]3(O)C2)C(=O)c2c(ccc([C@@H]3C[C@@H]5OC6CC(=O)C(C)OC6O[C@H]5[C@H](C)O3)c2O)C4=O)CCC1=O. The van der Waals surface area contributed by atoms with Crippen LogP contribution in [0.15, 0.2) is 35.4 Å². The van der Waals surface area contributed by atoms with E-state index in [0.29, 0.717) is 0 Å². The molecule has 0 bridgehead atoms. The van der Waals surface area contributed by atoms with E-state index in [2.05, 4.69) is 0 Å². The topological polar surface area (TPSA) is 201 Å². The maximum Gasteiger partial charge on any atom is 0.198 e. The first-order chi connectivity index (χ1) is 24.0. The molecule has 7 aliphatic rings. The summed E-state index contributed by atoms with van der Waals surface area (Å²) >= 11 is 0. The summed E-state index contributed by atoms with van der Waals surface area (Å²) in [5, 5.41) is 35.6. The van der Waals surface area contributed by atoms with Gasteiger partial charge in [-0.3, -0.25) is 24.0 Å². The maximum absolute atomic E-state index is 14.2. The summed E-state index contributed by atoms with van der Waals surface area (Å²) in [6, 6.07) is 2.78. The molecule has 4 aliphatic heterocycles. The van der Waals surface area contributed by atoms with Crippen molar-refractivity contribution < 1.29 is 67.7 Å². The van der Waals surface area contributed by atoms with Crippen molar-refractivity contribution in [1.29, 1.82) is 0 Å². The highest BCUT2D eigenvalue weighted by molar-refractivity contribution is 6.32. The van der Waals surface area contributed by atoms with Crippen LogP contribution < -0.4 is 0 Å². The number of allylic oxidation sites excluding steroid dienone is 2. The average molecular weight is 709 g/mol. The summed E-state index contributed by atoms with van der Waals surface area (Å²) in [6.07, 6.45) is -3.48. The summed E-state index contributed by atoms with van der Waals surface area (Å²) in [6.45, 7) is 6.62. The Morgan fingerprint density at radius 1 is 0.882 bits per heavy atom. The summed E-state index contributed by atoms with van der Waals surface area (Å²) in [5.74, 6) is -3.31. The van der Waals surface area contributed by atoms with Crippen LogP contribution in [0.1, 0.15) is 98.6 Å². The Bertz CT molecular complexity index is 1830. The number of aliphatic hydroxyl groups is 2. The molecule has 3 N–H and O–H groups in total. The minimum atomic E-state index is -2.79. The van der Waals surface area contributed by atoms with E-state index in [1.54, 1.807) is 27.7 Å². The van der Waals surface area contributed by atoms with Gasteiger partial charge in [-0.25, -0.2) is 0 Å². The van der Waals surface area contributed by atoms with Crippen molar-refractivity contribution in [3.05, 3.63) is 52.1 Å². The van der Waals surface area contributed by atoms with Crippen LogP contribution in [0.4, 0.5) is 0 Å². The first kappa shape index (κ1) is 34.6. The lowest BCUT2D eigenvalue weighted by molar-refractivity contribution is -0.347. The third-order valence-corrected chi connectivity index (χ3v) is 11.5. The molecule has 0 radical (unpaired) electrons. The predicted octanol–water partition coefficient (Wildman–Crippen LogP) is 2.04. The molecule has 3 aliphatic carbocycles. The number of carbonyl (C=O) groups is 5. The zero-order chi connectivity index (χ0) is 36.4. The van der Waals surface area contributed by atoms with E-state index < -0.39 is 107 Å². The molecule has 5 unspecified atom stereocenters. The molecule has 14 nitrogen and oxygen atoms in total. The van der Waals surface area contributed by atoms with Crippen LogP contribution in [0, 0.1) is 0 Å².